The van der Waals surface area contributed by atoms with Crippen molar-refractivity contribution in [3.05, 3.63) is 29.8 Å². The van der Waals surface area contributed by atoms with E-state index in [2.05, 4.69) is 0 Å². The molecule has 0 aromatic heterocycles. The Kier molecular flexibility index (Phi) is 7.02. The summed E-state index contributed by atoms with van der Waals surface area (Å²) in [6.07, 6.45) is -5.85. The summed E-state index contributed by atoms with van der Waals surface area (Å²) in [5, 5.41) is 21.3. The van der Waals surface area contributed by atoms with Crippen molar-refractivity contribution in [3.63, 3.8) is 0 Å². The molecule has 2 N–H and O–H groups in total. The van der Waals surface area contributed by atoms with Gasteiger partial charge in [-0.15, -0.1) is 0 Å². The van der Waals surface area contributed by atoms with Gasteiger partial charge in [-0.3, -0.25) is 9.59 Å². The van der Waals surface area contributed by atoms with Crippen molar-refractivity contribution in [3.8, 4) is 0 Å². The second kappa shape index (κ2) is 9.11. The predicted octanol–water partition coefficient (Wildman–Crippen LogP) is 0.642. The van der Waals surface area contributed by atoms with Gasteiger partial charge in [0, 0.05) is 13.8 Å². The van der Waals surface area contributed by atoms with E-state index in [0.717, 1.165) is 5.46 Å². The van der Waals surface area contributed by atoms with Gasteiger partial charge in [0.05, 0.1) is 11.2 Å². The Morgan fingerprint density at radius 1 is 0.969 bits per heavy atom. The minimum atomic E-state index is -1.43. The minimum absolute atomic E-state index is 0.237. The first-order valence-corrected chi connectivity index (χ1v) is 10.6. The largest absolute Gasteiger partial charge is 0.494 e. The number of aliphatic hydroxyl groups is 2. The van der Waals surface area contributed by atoms with E-state index in [9.17, 15) is 19.8 Å². The van der Waals surface area contributed by atoms with Crippen LogP contribution < -0.4 is 5.46 Å². The second-order valence-corrected chi connectivity index (χ2v) is 9.21. The number of carbonyl (C=O) groups excluding carboxylic acids is 2. The highest BCUT2D eigenvalue weighted by Gasteiger charge is 2.52. The summed E-state index contributed by atoms with van der Waals surface area (Å²) < 4.78 is 28.2. The quantitative estimate of drug-likeness (QED) is 0.492. The number of ether oxygens (including phenoxy) is 3. The van der Waals surface area contributed by atoms with Crippen LogP contribution in [0.15, 0.2) is 24.3 Å². The molecule has 0 aliphatic carbocycles. The lowest BCUT2D eigenvalue weighted by atomic mass is 9.78. The molecular weight excluding hydrogens is 419 g/mol. The van der Waals surface area contributed by atoms with Crippen molar-refractivity contribution in [2.24, 2.45) is 0 Å². The number of hydrogen-bond donors (Lipinski definition) is 2. The van der Waals surface area contributed by atoms with E-state index in [-0.39, 0.29) is 6.61 Å². The maximum absolute atomic E-state index is 11.5. The Hall–Kier alpha value is -1.98. The van der Waals surface area contributed by atoms with Gasteiger partial charge in [0.25, 0.3) is 0 Å². The first kappa shape index (κ1) is 24.7. The van der Waals surface area contributed by atoms with Gasteiger partial charge in [-0.25, -0.2) is 0 Å². The molecule has 0 spiro atoms. The van der Waals surface area contributed by atoms with E-state index in [1.54, 1.807) is 24.3 Å². The topological polar surface area (TPSA) is 121 Å². The van der Waals surface area contributed by atoms with Crippen molar-refractivity contribution in [2.45, 2.75) is 83.3 Å². The highest BCUT2D eigenvalue weighted by molar-refractivity contribution is 6.62. The normalized spacial score (nSPS) is 31.2. The summed E-state index contributed by atoms with van der Waals surface area (Å²) in [7, 11) is -0.540. The number of carbonyl (C=O) groups is 2. The van der Waals surface area contributed by atoms with Crippen LogP contribution in [0.3, 0.4) is 0 Å². The lowest BCUT2D eigenvalue weighted by Gasteiger charge is -2.42. The fourth-order valence-electron chi connectivity index (χ4n) is 3.71. The van der Waals surface area contributed by atoms with Crippen molar-refractivity contribution < 1.29 is 43.3 Å². The summed E-state index contributed by atoms with van der Waals surface area (Å²) >= 11 is 0. The Morgan fingerprint density at radius 3 is 2.03 bits per heavy atom. The van der Waals surface area contributed by atoms with E-state index in [1.807, 2.05) is 27.7 Å². The van der Waals surface area contributed by atoms with Crippen LogP contribution in [-0.2, 0) is 33.1 Å². The standard InChI is InChI=1S/C22H31BO9/c1-12(24)28-11-16-20(29-13(2)25)18(27)17(26)19(30-16)14-7-9-15(10-8-14)23-31-21(3,4)22(5,6)32-23/h7-10,16-20,26-27H,11H2,1-6H3/t16-,17+,18-,19-,20-/m1/s1. The van der Waals surface area contributed by atoms with Gasteiger partial charge >= 0.3 is 19.1 Å². The number of aliphatic hydroxyl groups excluding tert-OH is 2. The van der Waals surface area contributed by atoms with Crippen LogP contribution in [0.25, 0.3) is 0 Å². The van der Waals surface area contributed by atoms with Crippen LogP contribution in [0.1, 0.15) is 53.2 Å². The van der Waals surface area contributed by atoms with Gasteiger partial charge in [0.15, 0.2) is 6.10 Å². The molecule has 0 saturated carbocycles. The molecule has 1 aromatic carbocycles. The molecule has 0 amide bonds. The molecule has 10 heteroatoms. The number of rotatable bonds is 5. The summed E-state index contributed by atoms with van der Waals surface area (Å²) in [5.41, 5.74) is 0.441. The molecule has 3 rings (SSSR count). The highest BCUT2D eigenvalue weighted by atomic mass is 16.7. The zero-order chi connectivity index (χ0) is 23.8. The first-order chi connectivity index (χ1) is 14.8. The third-order valence-electron chi connectivity index (χ3n) is 6.23. The van der Waals surface area contributed by atoms with Crippen LogP contribution in [0, 0.1) is 0 Å². The lowest BCUT2D eigenvalue weighted by molar-refractivity contribution is -0.242. The molecule has 2 aliphatic rings. The predicted molar refractivity (Wildman–Crippen MR) is 114 cm³/mol. The molecule has 176 valence electrons. The Bertz CT molecular complexity index is 822. The monoisotopic (exact) mass is 450 g/mol. The average Bonchev–Trinajstić information content (AvgIpc) is 2.92. The van der Waals surface area contributed by atoms with E-state index >= 15 is 0 Å². The van der Waals surface area contributed by atoms with Gasteiger partial charge in [-0.05, 0) is 38.7 Å². The van der Waals surface area contributed by atoms with Crippen LogP contribution in [-0.4, -0.2) is 71.5 Å². The maximum atomic E-state index is 11.5. The highest BCUT2D eigenvalue weighted by Crippen LogP contribution is 2.37. The summed E-state index contributed by atoms with van der Waals surface area (Å²) in [6, 6.07) is 7.10. The molecule has 2 saturated heterocycles. The summed E-state index contributed by atoms with van der Waals surface area (Å²) in [5.74, 6) is -1.19. The number of hydrogen-bond acceptors (Lipinski definition) is 9. The van der Waals surface area contributed by atoms with Gasteiger partial charge < -0.3 is 33.7 Å². The third kappa shape index (κ3) is 4.99. The lowest BCUT2D eigenvalue weighted by Crippen LogP contribution is -2.57. The molecule has 2 heterocycles. The molecule has 5 atom stereocenters. The summed E-state index contributed by atoms with van der Waals surface area (Å²) in [4.78, 5) is 22.7. The van der Waals surface area contributed by atoms with Crippen molar-refractivity contribution in [1.29, 1.82) is 0 Å². The third-order valence-corrected chi connectivity index (χ3v) is 6.23. The Balaban J connectivity index is 1.79. The first-order valence-electron chi connectivity index (χ1n) is 10.6. The summed E-state index contributed by atoms with van der Waals surface area (Å²) in [6.45, 7) is 10.1. The van der Waals surface area contributed by atoms with Crippen LogP contribution in [0.5, 0.6) is 0 Å². The number of benzene rings is 1. The molecule has 0 bridgehead atoms. The van der Waals surface area contributed by atoms with Crippen molar-refractivity contribution >= 4 is 24.5 Å². The average molecular weight is 450 g/mol. The molecule has 0 unspecified atom stereocenters. The fourth-order valence-corrected chi connectivity index (χ4v) is 3.71. The second-order valence-electron chi connectivity index (χ2n) is 9.21. The van der Waals surface area contributed by atoms with Gasteiger partial charge in [0.2, 0.25) is 0 Å². The molecule has 1 aromatic rings. The van der Waals surface area contributed by atoms with Gasteiger partial charge in [0.1, 0.15) is 31.0 Å². The molecule has 2 fully saturated rings. The molecule has 0 radical (unpaired) electrons. The smallest absolute Gasteiger partial charge is 0.463 e. The molecule has 9 nitrogen and oxygen atoms in total. The minimum Gasteiger partial charge on any atom is -0.463 e. The van der Waals surface area contributed by atoms with E-state index < -0.39 is 60.8 Å². The van der Waals surface area contributed by atoms with Crippen LogP contribution in [0.2, 0.25) is 0 Å². The zero-order valence-electron chi connectivity index (χ0n) is 19.2. The van der Waals surface area contributed by atoms with Gasteiger partial charge in [-0.2, -0.15) is 0 Å². The molecule has 2 aliphatic heterocycles. The van der Waals surface area contributed by atoms with Gasteiger partial charge in [-0.1, -0.05) is 24.3 Å². The zero-order valence-corrected chi connectivity index (χ0v) is 19.2. The van der Waals surface area contributed by atoms with E-state index in [4.69, 9.17) is 23.5 Å². The SMILES string of the molecule is CC(=O)OC[C@H]1O[C@H](c2ccc(B3OC(C)(C)C(C)(C)O3)cc2)[C@@H](O)[C@@H](O)[C@@H]1OC(C)=O. The van der Waals surface area contributed by atoms with E-state index in [1.165, 1.54) is 13.8 Å². The van der Waals surface area contributed by atoms with Crippen LogP contribution >= 0.6 is 0 Å². The Morgan fingerprint density at radius 2 is 1.53 bits per heavy atom. The molecule has 32 heavy (non-hydrogen) atoms. The Labute approximate surface area is 188 Å². The van der Waals surface area contributed by atoms with Crippen molar-refractivity contribution in [1.82, 2.24) is 0 Å². The number of esters is 2. The van der Waals surface area contributed by atoms with E-state index in [0.29, 0.717) is 5.56 Å². The van der Waals surface area contributed by atoms with Crippen molar-refractivity contribution in [2.75, 3.05) is 6.61 Å². The fraction of sp³-hybridized carbons (Fsp3) is 0.636. The van der Waals surface area contributed by atoms with Crippen LogP contribution in [0.4, 0.5) is 0 Å². The maximum Gasteiger partial charge on any atom is 0.494 e. The molecular formula is C22H31BO9.